The van der Waals surface area contributed by atoms with Crippen molar-refractivity contribution in [3.63, 3.8) is 0 Å². The Kier molecular flexibility index (Phi) is 3.06. The molecule has 2 fully saturated rings. The van der Waals surface area contributed by atoms with Gasteiger partial charge in [-0.3, -0.25) is 4.68 Å². The van der Waals surface area contributed by atoms with Gasteiger partial charge in [0, 0.05) is 32.1 Å². The Bertz CT molecular complexity index is 637. The van der Waals surface area contributed by atoms with Crippen LogP contribution >= 0.6 is 0 Å². The fraction of sp³-hybridized carbons (Fsp3) is 0.667. The maximum atomic E-state index is 4.56. The van der Waals surface area contributed by atoms with Gasteiger partial charge in [0.25, 0.3) is 0 Å². The number of fused-ring (bicyclic) bond motifs is 1. The Morgan fingerprint density at radius 2 is 2.14 bits per heavy atom. The lowest BCUT2D eigenvalue weighted by molar-refractivity contribution is 0.173. The van der Waals surface area contributed by atoms with Crippen LogP contribution in [0.15, 0.2) is 12.5 Å². The highest BCUT2D eigenvalue weighted by Gasteiger charge is 2.37. The van der Waals surface area contributed by atoms with Crippen molar-refractivity contribution in [1.82, 2.24) is 25.1 Å². The van der Waals surface area contributed by atoms with E-state index in [1.54, 1.807) is 6.33 Å². The summed E-state index contributed by atoms with van der Waals surface area (Å²) in [6, 6.07) is 0. The molecule has 2 aromatic heterocycles. The van der Waals surface area contributed by atoms with Gasteiger partial charge in [-0.15, -0.1) is 0 Å². The quantitative estimate of drug-likeness (QED) is 0.857. The van der Waals surface area contributed by atoms with Gasteiger partial charge in [-0.05, 0) is 32.2 Å². The first-order valence-corrected chi connectivity index (χ1v) is 7.86. The molecule has 2 saturated heterocycles. The van der Waals surface area contributed by atoms with E-state index < -0.39 is 0 Å². The molecule has 0 amide bonds. The second-order valence-electron chi connectivity index (χ2n) is 6.51. The van der Waals surface area contributed by atoms with E-state index >= 15 is 0 Å². The maximum absolute atomic E-state index is 4.56. The third-order valence-corrected chi connectivity index (χ3v) is 5.03. The minimum absolute atomic E-state index is 0.427. The van der Waals surface area contributed by atoms with Crippen LogP contribution < -0.4 is 10.2 Å². The monoisotopic (exact) mass is 286 g/mol. The van der Waals surface area contributed by atoms with Crippen LogP contribution in [0.4, 0.5) is 5.82 Å². The molecule has 1 N–H and O–H groups in total. The smallest absolute Gasteiger partial charge is 0.163 e. The molecule has 1 spiro atoms. The van der Waals surface area contributed by atoms with Crippen LogP contribution in [0.3, 0.4) is 0 Å². The number of nitrogens with zero attached hydrogens (tertiary/aromatic N) is 5. The van der Waals surface area contributed by atoms with E-state index in [-0.39, 0.29) is 0 Å². The SMILES string of the molecule is Cn1ncc2c(N3CCCC4(CCCNC4)C3)ncnc21. The molecule has 2 aromatic rings. The lowest BCUT2D eigenvalue weighted by Crippen LogP contribution is -2.51. The first-order chi connectivity index (χ1) is 10.3. The number of hydrogen-bond donors (Lipinski definition) is 1. The standard InChI is InChI=1S/C15H22N6/c1-20-13-12(8-19-20)14(18-11-17-13)21-7-3-5-15(10-21)4-2-6-16-9-15/h8,11,16H,2-7,9-10H2,1H3. The van der Waals surface area contributed by atoms with E-state index in [0.29, 0.717) is 5.41 Å². The maximum Gasteiger partial charge on any atom is 0.163 e. The van der Waals surface area contributed by atoms with E-state index in [1.165, 1.54) is 32.2 Å². The summed E-state index contributed by atoms with van der Waals surface area (Å²) in [6.07, 6.45) is 8.76. The average molecular weight is 286 g/mol. The van der Waals surface area contributed by atoms with E-state index in [2.05, 4.69) is 25.3 Å². The van der Waals surface area contributed by atoms with Gasteiger partial charge in [-0.2, -0.15) is 5.10 Å². The summed E-state index contributed by atoms with van der Waals surface area (Å²) in [5.74, 6) is 1.05. The molecule has 0 radical (unpaired) electrons. The van der Waals surface area contributed by atoms with Crippen molar-refractivity contribution in [3.05, 3.63) is 12.5 Å². The third-order valence-electron chi connectivity index (χ3n) is 5.03. The summed E-state index contributed by atoms with van der Waals surface area (Å²) in [5.41, 5.74) is 1.34. The first kappa shape index (κ1) is 13.0. The molecule has 2 aliphatic heterocycles. The fourth-order valence-electron chi connectivity index (χ4n) is 3.97. The minimum Gasteiger partial charge on any atom is -0.355 e. The van der Waals surface area contributed by atoms with E-state index in [1.807, 2.05) is 17.9 Å². The number of anilines is 1. The lowest BCUT2D eigenvalue weighted by atomic mass is 9.74. The second kappa shape index (κ2) is 4.94. The van der Waals surface area contributed by atoms with Crippen molar-refractivity contribution >= 4 is 16.9 Å². The molecule has 0 saturated carbocycles. The van der Waals surface area contributed by atoms with Crippen LogP contribution in [-0.4, -0.2) is 45.9 Å². The molecular formula is C15H22N6. The number of rotatable bonds is 1. The van der Waals surface area contributed by atoms with Crippen molar-refractivity contribution in [2.45, 2.75) is 25.7 Å². The Balaban J connectivity index is 1.68. The molecule has 0 aromatic carbocycles. The normalized spacial score (nSPS) is 26.6. The summed E-state index contributed by atoms with van der Waals surface area (Å²) in [5, 5.41) is 8.98. The van der Waals surface area contributed by atoms with Crippen molar-refractivity contribution < 1.29 is 0 Å². The van der Waals surface area contributed by atoms with Gasteiger partial charge >= 0.3 is 0 Å². The van der Waals surface area contributed by atoms with Gasteiger partial charge in [0.2, 0.25) is 0 Å². The molecule has 1 atom stereocenters. The van der Waals surface area contributed by atoms with Gasteiger partial charge in [-0.1, -0.05) is 0 Å². The van der Waals surface area contributed by atoms with Crippen molar-refractivity contribution in [3.8, 4) is 0 Å². The minimum atomic E-state index is 0.427. The molecule has 0 aliphatic carbocycles. The number of hydrogen-bond acceptors (Lipinski definition) is 5. The Hall–Kier alpha value is -1.69. The van der Waals surface area contributed by atoms with Gasteiger partial charge in [0.1, 0.15) is 12.1 Å². The molecule has 2 aliphatic rings. The van der Waals surface area contributed by atoms with Gasteiger partial charge in [0.05, 0.1) is 11.6 Å². The lowest BCUT2D eigenvalue weighted by Gasteiger charge is -2.45. The van der Waals surface area contributed by atoms with Crippen LogP contribution in [-0.2, 0) is 7.05 Å². The van der Waals surface area contributed by atoms with Gasteiger partial charge < -0.3 is 10.2 Å². The molecule has 6 heteroatoms. The van der Waals surface area contributed by atoms with E-state index in [0.717, 1.165) is 36.5 Å². The highest BCUT2D eigenvalue weighted by Crippen LogP contribution is 2.38. The van der Waals surface area contributed by atoms with Crippen molar-refractivity contribution in [2.24, 2.45) is 12.5 Å². The number of aromatic nitrogens is 4. The van der Waals surface area contributed by atoms with Gasteiger partial charge in [-0.25, -0.2) is 9.97 Å². The van der Waals surface area contributed by atoms with E-state index in [4.69, 9.17) is 0 Å². The largest absolute Gasteiger partial charge is 0.355 e. The summed E-state index contributed by atoms with van der Waals surface area (Å²) in [7, 11) is 1.93. The molecule has 6 nitrogen and oxygen atoms in total. The fourth-order valence-corrected chi connectivity index (χ4v) is 3.97. The molecular weight excluding hydrogens is 264 g/mol. The van der Waals surface area contributed by atoms with Crippen molar-refractivity contribution in [1.29, 1.82) is 0 Å². The highest BCUT2D eigenvalue weighted by molar-refractivity contribution is 5.86. The molecule has 21 heavy (non-hydrogen) atoms. The summed E-state index contributed by atoms with van der Waals surface area (Å²) in [4.78, 5) is 11.4. The summed E-state index contributed by atoms with van der Waals surface area (Å²) >= 11 is 0. The Morgan fingerprint density at radius 1 is 1.24 bits per heavy atom. The zero-order chi connectivity index (χ0) is 14.3. The first-order valence-electron chi connectivity index (χ1n) is 7.86. The molecule has 4 rings (SSSR count). The molecule has 1 unspecified atom stereocenters. The number of piperidine rings is 2. The number of nitrogens with one attached hydrogen (secondary N) is 1. The zero-order valence-corrected chi connectivity index (χ0v) is 12.5. The second-order valence-corrected chi connectivity index (χ2v) is 6.51. The molecule has 112 valence electrons. The Morgan fingerprint density at radius 3 is 3.00 bits per heavy atom. The predicted octanol–water partition coefficient (Wildman–Crippen LogP) is 1.33. The zero-order valence-electron chi connectivity index (χ0n) is 12.5. The van der Waals surface area contributed by atoms with Crippen LogP contribution in [0, 0.1) is 5.41 Å². The molecule has 0 bridgehead atoms. The summed E-state index contributed by atoms with van der Waals surface area (Å²) in [6.45, 7) is 4.50. The van der Waals surface area contributed by atoms with Crippen LogP contribution in [0.2, 0.25) is 0 Å². The van der Waals surface area contributed by atoms with Gasteiger partial charge in [0.15, 0.2) is 5.65 Å². The van der Waals surface area contributed by atoms with Crippen molar-refractivity contribution in [2.75, 3.05) is 31.1 Å². The third kappa shape index (κ3) is 2.18. The topological polar surface area (TPSA) is 58.9 Å². The predicted molar refractivity (Wildman–Crippen MR) is 82.3 cm³/mol. The highest BCUT2D eigenvalue weighted by atomic mass is 15.3. The average Bonchev–Trinajstić information content (AvgIpc) is 2.90. The Labute approximate surface area is 124 Å². The molecule has 4 heterocycles. The summed E-state index contributed by atoms with van der Waals surface area (Å²) < 4.78 is 1.82. The number of aryl methyl sites for hydroxylation is 1. The van der Waals surface area contributed by atoms with Crippen LogP contribution in [0.1, 0.15) is 25.7 Å². The van der Waals surface area contributed by atoms with Crippen LogP contribution in [0.5, 0.6) is 0 Å². The van der Waals surface area contributed by atoms with Crippen LogP contribution in [0.25, 0.3) is 11.0 Å². The van der Waals surface area contributed by atoms with E-state index in [9.17, 15) is 0 Å².